The van der Waals surface area contributed by atoms with Gasteiger partial charge in [-0.15, -0.1) is 0 Å². The van der Waals surface area contributed by atoms with Crippen LogP contribution < -0.4 is 5.73 Å². The van der Waals surface area contributed by atoms with Gasteiger partial charge in [0.2, 0.25) is 18.5 Å². The Morgan fingerprint density at radius 2 is 1.67 bits per heavy atom. The number of primary amides is 1. The smallest absolute Gasteiger partial charge is 0.466 e. The summed E-state index contributed by atoms with van der Waals surface area (Å²) in [6, 6.07) is 0. The highest BCUT2D eigenvalue weighted by molar-refractivity contribution is 6.01. The molecule has 0 aromatic carbocycles. The summed E-state index contributed by atoms with van der Waals surface area (Å²) >= 11 is 0. The maximum Gasteiger partial charge on any atom is 0.511 e. The lowest BCUT2D eigenvalue weighted by molar-refractivity contribution is -0.181. The van der Waals surface area contributed by atoms with Crippen LogP contribution in [0, 0.1) is 34.5 Å². The molecule has 4 rings (SSSR count). The molecule has 0 saturated heterocycles. The van der Waals surface area contributed by atoms with Crippen LogP contribution in [0.2, 0.25) is 0 Å². The molecule has 57 heavy (non-hydrogen) atoms. The van der Waals surface area contributed by atoms with E-state index in [1.807, 2.05) is 32.1 Å². The van der Waals surface area contributed by atoms with Crippen molar-refractivity contribution in [3.8, 4) is 0 Å². The number of nitrogens with two attached hydrogens (primary N) is 1. The molecule has 15 heteroatoms. The molecule has 4 N–H and O–H groups in total. The van der Waals surface area contributed by atoms with Gasteiger partial charge in [-0.2, -0.15) is 0 Å². The van der Waals surface area contributed by atoms with Crippen molar-refractivity contribution < 1.29 is 67.5 Å². The van der Waals surface area contributed by atoms with Crippen LogP contribution in [0.4, 0.5) is 4.79 Å². The van der Waals surface area contributed by atoms with E-state index < -0.39 is 77.8 Å². The summed E-state index contributed by atoms with van der Waals surface area (Å²) in [7, 11) is 0. The highest BCUT2D eigenvalue weighted by Gasteiger charge is 2.68. The average molecular weight is 802 g/mol. The number of fused-ring (bicyclic) bond motifs is 5. The summed E-state index contributed by atoms with van der Waals surface area (Å²) < 4.78 is 25.2. The molecule has 0 heterocycles. The third-order valence-corrected chi connectivity index (χ3v) is 12.7. The van der Waals surface area contributed by atoms with Crippen LogP contribution in [0.3, 0.4) is 0 Å². The fourth-order valence-electron chi connectivity index (χ4n) is 9.57. The van der Waals surface area contributed by atoms with E-state index in [1.165, 1.54) is 0 Å². The molecule has 0 aromatic heterocycles. The van der Waals surface area contributed by atoms with Crippen molar-refractivity contribution in [2.24, 2.45) is 40.2 Å². The molecule has 3 unspecified atom stereocenters. The SMILES string of the molecule is C/C=C/C[C@@H](C)[C@H](CC(N)=O)OC(=O)OCOC(=O)CCCCCOC(=O)CCC(=O)OCC(=O)[C@@]1(O)CCC2C3CCC4=CC(=O)C=C[C@]4(C)C3[C@@H](O)C[C@@]21C. The molecule has 0 aliphatic heterocycles. The van der Waals surface area contributed by atoms with Crippen LogP contribution in [-0.2, 0) is 52.5 Å². The lowest BCUT2D eigenvalue weighted by Crippen LogP contribution is -2.61. The van der Waals surface area contributed by atoms with Gasteiger partial charge in [0.25, 0.3) is 0 Å². The molecule has 4 aliphatic carbocycles. The first kappa shape index (κ1) is 45.3. The van der Waals surface area contributed by atoms with Gasteiger partial charge >= 0.3 is 24.1 Å². The molecule has 0 aromatic rings. The van der Waals surface area contributed by atoms with Crippen molar-refractivity contribution in [3.63, 3.8) is 0 Å². The Morgan fingerprint density at radius 3 is 2.37 bits per heavy atom. The quantitative estimate of drug-likeness (QED) is 0.0506. The average Bonchev–Trinajstić information content (AvgIpc) is 3.43. The molecule has 4 aliphatic rings. The molecule has 1 amide bonds. The highest BCUT2D eigenvalue weighted by Crippen LogP contribution is 2.67. The van der Waals surface area contributed by atoms with Crippen LogP contribution in [0.25, 0.3) is 0 Å². The Labute approximate surface area is 333 Å². The first-order valence-corrected chi connectivity index (χ1v) is 20.0. The van der Waals surface area contributed by atoms with Gasteiger partial charge in [0.1, 0.15) is 11.7 Å². The molecule has 9 atom stereocenters. The number of amides is 1. The molecule has 0 bridgehead atoms. The van der Waals surface area contributed by atoms with E-state index in [1.54, 1.807) is 19.1 Å². The lowest BCUT2D eigenvalue weighted by atomic mass is 9.46. The minimum Gasteiger partial charge on any atom is -0.466 e. The minimum absolute atomic E-state index is 0.0247. The van der Waals surface area contributed by atoms with E-state index in [0.717, 1.165) is 12.0 Å². The van der Waals surface area contributed by atoms with E-state index in [-0.39, 0.29) is 74.6 Å². The Morgan fingerprint density at radius 1 is 0.965 bits per heavy atom. The van der Waals surface area contributed by atoms with Gasteiger partial charge < -0.3 is 39.6 Å². The monoisotopic (exact) mass is 801 g/mol. The molecular weight excluding hydrogens is 742 g/mol. The predicted molar refractivity (Wildman–Crippen MR) is 202 cm³/mol. The second kappa shape index (κ2) is 19.9. The number of ketones is 2. The van der Waals surface area contributed by atoms with Crippen LogP contribution in [0.1, 0.15) is 111 Å². The number of rotatable bonds is 20. The fourth-order valence-corrected chi connectivity index (χ4v) is 9.57. The van der Waals surface area contributed by atoms with E-state index in [4.69, 9.17) is 29.4 Å². The minimum atomic E-state index is -1.79. The van der Waals surface area contributed by atoms with Gasteiger partial charge in [0.15, 0.2) is 12.4 Å². The number of aliphatic hydroxyl groups excluding tert-OH is 1. The topological polar surface area (TPSA) is 232 Å². The Bertz CT molecular complexity index is 1620. The number of Topliss-reactive ketones (excluding diaryl/α,β-unsaturated/α-hetero) is 1. The molecule has 316 valence electrons. The van der Waals surface area contributed by atoms with Gasteiger partial charge in [-0.3, -0.25) is 28.8 Å². The zero-order valence-corrected chi connectivity index (χ0v) is 33.5. The van der Waals surface area contributed by atoms with Crippen LogP contribution in [0.5, 0.6) is 0 Å². The summed E-state index contributed by atoms with van der Waals surface area (Å²) in [5.74, 6) is -3.70. The van der Waals surface area contributed by atoms with Gasteiger partial charge in [0, 0.05) is 23.2 Å². The zero-order chi connectivity index (χ0) is 42.0. The first-order chi connectivity index (χ1) is 26.9. The Kier molecular flexibility index (Phi) is 15.8. The van der Waals surface area contributed by atoms with E-state index in [2.05, 4.69) is 6.92 Å². The number of aliphatic hydroxyl groups is 2. The number of hydrogen-bond acceptors (Lipinski definition) is 14. The number of allylic oxidation sites excluding steroid dienone is 6. The first-order valence-electron chi connectivity index (χ1n) is 20.0. The van der Waals surface area contributed by atoms with E-state index >= 15 is 0 Å². The van der Waals surface area contributed by atoms with Gasteiger partial charge in [-0.1, -0.05) is 44.6 Å². The van der Waals surface area contributed by atoms with Gasteiger partial charge in [-0.05, 0) is 94.6 Å². The van der Waals surface area contributed by atoms with Gasteiger partial charge in [0.05, 0.1) is 32.0 Å². The molecule has 3 fully saturated rings. The second-order valence-corrected chi connectivity index (χ2v) is 16.4. The Hall–Kier alpha value is -4.37. The summed E-state index contributed by atoms with van der Waals surface area (Å²) in [4.78, 5) is 85.6. The number of esters is 3. The Balaban J connectivity index is 1.08. The molecule has 3 saturated carbocycles. The van der Waals surface area contributed by atoms with Crippen molar-refractivity contribution in [1.29, 1.82) is 0 Å². The van der Waals surface area contributed by atoms with Gasteiger partial charge in [-0.25, -0.2) is 4.79 Å². The standard InChI is InChI=1S/C42H59NO14/c1-5-6-10-26(2)32(22-34(43)47)57-39(51)56-25-55-35(48)11-8-7-9-20-53-36(49)14-15-37(50)54-24-33(46)42(52)19-17-30-29-13-12-27-21-28(44)16-18-40(27,3)38(29)31(45)23-41(30,42)4/h5-6,16,18,21,26,29-32,38,45,52H,7-15,17,19-20,22-25H2,1-4H3,(H2,43,47)/b6-5+/t26-,29?,30?,31+,32+,38?,40+,41+,42+/m1/s1. The predicted octanol–water partition coefficient (Wildman–Crippen LogP) is 4.49. The number of ether oxygens (including phenoxy) is 5. The number of unbranched alkanes of at least 4 members (excludes halogenated alkanes) is 2. The fraction of sp³-hybridized carbons (Fsp3) is 0.690. The maximum atomic E-state index is 13.5. The highest BCUT2D eigenvalue weighted by atomic mass is 16.8. The normalized spacial score (nSPS) is 29.9. The van der Waals surface area contributed by atoms with Crippen LogP contribution in [0.15, 0.2) is 36.0 Å². The molecule has 0 spiro atoms. The summed E-state index contributed by atoms with van der Waals surface area (Å²) in [6.07, 6.45) is 9.74. The second-order valence-electron chi connectivity index (χ2n) is 16.4. The maximum absolute atomic E-state index is 13.5. The molecule has 15 nitrogen and oxygen atoms in total. The van der Waals surface area contributed by atoms with Crippen molar-refractivity contribution >= 4 is 41.5 Å². The van der Waals surface area contributed by atoms with E-state index in [9.17, 15) is 43.8 Å². The summed E-state index contributed by atoms with van der Waals surface area (Å²) in [5.41, 5.74) is 3.07. The molecular formula is C42H59NO14. The number of hydrogen-bond donors (Lipinski definition) is 3. The summed E-state index contributed by atoms with van der Waals surface area (Å²) in [5, 5.41) is 23.4. The lowest BCUT2D eigenvalue weighted by Gasteiger charge is -2.59. The largest absolute Gasteiger partial charge is 0.511 e. The van der Waals surface area contributed by atoms with Crippen molar-refractivity contribution in [1.82, 2.24) is 0 Å². The third-order valence-electron chi connectivity index (χ3n) is 12.7. The molecule has 0 radical (unpaired) electrons. The van der Waals surface area contributed by atoms with Crippen LogP contribution >= 0.6 is 0 Å². The van der Waals surface area contributed by atoms with Crippen molar-refractivity contribution in [2.45, 2.75) is 129 Å². The van der Waals surface area contributed by atoms with Crippen LogP contribution in [-0.4, -0.2) is 89.6 Å². The number of carbonyl (C=O) groups excluding carboxylic acids is 7. The van der Waals surface area contributed by atoms with E-state index in [0.29, 0.717) is 38.5 Å². The zero-order valence-electron chi connectivity index (χ0n) is 33.5. The van der Waals surface area contributed by atoms with Crippen molar-refractivity contribution in [3.05, 3.63) is 36.0 Å². The number of carbonyl (C=O) groups is 7. The third kappa shape index (κ3) is 11.0. The summed E-state index contributed by atoms with van der Waals surface area (Å²) in [6.45, 7) is 6.28. The van der Waals surface area contributed by atoms with Crippen molar-refractivity contribution in [2.75, 3.05) is 20.0 Å².